The van der Waals surface area contributed by atoms with E-state index < -0.39 is 43.0 Å². The lowest BCUT2D eigenvalue weighted by molar-refractivity contribution is -0.123. The molecule has 0 saturated heterocycles. The molecule has 0 fully saturated rings. The number of sulfonamides is 1. The van der Waals surface area contributed by atoms with Gasteiger partial charge in [-0.05, 0) is 17.5 Å². The summed E-state index contributed by atoms with van der Waals surface area (Å²) < 4.78 is 25.9. The van der Waals surface area contributed by atoms with Gasteiger partial charge in [0.1, 0.15) is 22.3 Å². The molecule has 0 spiro atoms. The summed E-state index contributed by atoms with van der Waals surface area (Å²) in [7, 11) is -0.108. The van der Waals surface area contributed by atoms with Crippen LogP contribution < -0.4 is 26.8 Å². The van der Waals surface area contributed by atoms with Gasteiger partial charge in [-0.1, -0.05) is 32.4 Å². The fourth-order valence-corrected chi connectivity index (χ4v) is 4.30. The zero-order chi connectivity index (χ0) is 23.9. The zero-order valence-electron chi connectivity index (χ0n) is 18.0. The summed E-state index contributed by atoms with van der Waals surface area (Å²) in [6, 6.07) is 1.67. The number of phenolic OH excluding ortho intramolecular Hbond substituents is 1. The third-order valence-electron chi connectivity index (χ3n) is 4.66. The lowest BCUT2D eigenvalue weighted by atomic mass is 9.85. The Labute approximate surface area is 185 Å². The number of hydrogen-bond acceptors (Lipinski definition) is 8. The second-order valence-electron chi connectivity index (χ2n) is 8.15. The van der Waals surface area contributed by atoms with Gasteiger partial charge in [0.05, 0.1) is 10.7 Å². The van der Waals surface area contributed by atoms with E-state index in [4.69, 9.17) is 11.6 Å². The second kappa shape index (κ2) is 8.48. The first kappa shape index (κ1) is 24.6. The standard InChI is InChI=1S/C19H25ClN4O6S/c1-19(2,3)17(18(28)21-4)23-12-11(14(26)15(12)27)22-10-8-7-9(20)16(13(10)25)31(29,30)24(5)6/h7-8,17,22-23,25H,1-6H3,(H,21,28)/t17-/m0/s1. The van der Waals surface area contributed by atoms with Gasteiger partial charge in [0.15, 0.2) is 5.75 Å². The molecule has 10 nitrogen and oxygen atoms in total. The zero-order valence-corrected chi connectivity index (χ0v) is 19.5. The largest absolute Gasteiger partial charge is 0.504 e. The summed E-state index contributed by atoms with van der Waals surface area (Å²) in [6.45, 7) is 5.34. The molecule has 0 aliphatic heterocycles. The van der Waals surface area contributed by atoms with Gasteiger partial charge in [-0.25, -0.2) is 12.7 Å². The van der Waals surface area contributed by atoms with E-state index >= 15 is 0 Å². The minimum Gasteiger partial charge on any atom is -0.504 e. The Kier molecular flexibility index (Phi) is 6.74. The molecule has 0 aromatic heterocycles. The Morgan fingerprint density at radius 3 is 2.16 bits per heavy atom. The Morgan fingerprint density at radius 2 is 1.68 bits per heavy atom. The highest BCUT2D eigenvalue weighted by Gasteiger charge is 2.35. The Balaban J connectivity index is 2.52. The summed E-state index contributed by atoms with van der Waals surface area (Å²) in [5.74, 6) is -1.10. The van der Waals surface area contributed by atoms with Crippen molar-refractivity contribution in [1.82, 2.24) is 9.62 Å². The van der Waals surface area contributed by atoms with Crippen molar-refractivity contribution in [2.24, 2.45) is 5.41 Å². The molecule has 1 amide bonds. The van der Waals surface area contributed by atoms with Crippen LogP contribution in [0.2, 0.25) is 5.02 Å². The van der Waals surface area contributed by atoms with E-state index in [1.807, 2.05) is 0 Å². The minimum atomic E-state index is -4.10. The maximum Gasteiger partial charge on any atom is 0.253 e. The van der Waals surface area contributed by atoms with Gasteiger partial charge in [-0.3, -0.25) is 14.4 Å². The first-order valence-electron chi connectivity index (χ1n) is 9.17. The number of benzene rings is 1. The summed E-state index contributed by atoms with van der Waals surface area (Å²) in [6.07, 6.45) is 0. The van der Waals surface area contributed by atoms with Gasteiger partial charge < -0.3 is 21.1 Å². The van der Waals surface area contributed by atoms with Crippen molar-refractivity contribution in [3.05, 3.63) is 37.6 Å². The van der Waals surface area contributed by atoms with E-state index in [2.05, 4.69) is 16.0 Å². The van der Waals surface area contributed by atoms with Gasteiger partial charge in [0.25, 0.3) is 10.9 Å². The number of phenols is 1. The second-order valence-corrected chi connectivity index (χ2v) is 10.6. The molecule has 2 aromatic carbocycles. The van der Waals surface area contributed by atoms with Crippen molar-refractivity contribution in [3.63, 3.8) is 0 Å². The number of aromatic hydroxyl groups is 1. The van der Waals surface area contributed by atoms with Gasteiger partial charge >= 0.3 is 0 Å². The molecule has 0 saturated carbocycles. The van der Waals surface area contributed by atoms with Crippen LogP contribution in [0.25, 0.3) is 0 Å². The number of rotatable bonds is 7. The monoisotopic (exact) mass is 472 g/mol. The van der Waals surface area contributed by atoms with Crippen molar-refractivity contribution in [3.8, 4) is 5.75 Å². The van der Waals surface area contributed by atoms with E-state index in [-0.39, 0.29) is 28.0 Å². The summed E-state index contributed by atoms with van der Waals surface area (Å²) in [4.78, 5) is 36.0. The van der Waals surface area contributed by atoms with Crippen LogP contribution in [0.4, 0.5) is 17.1 Å². The first-order chi connectivity index (χ1) is 14.1. The third-order valence-corrected chi connectivity index (χ3v) is 6.97. The third kappa shape index (κ3) is 4.53. The number of nitrogens with one attached hydrogen (secondary N) is 3. The fraction of sp³-hybridized carbons (Fsp3) is 0.421. The Morgan fingerprint density at radius 1 is 1.13 bits per heavy atom. The number of hydrogen-bond donors (Lipinski definition) is 4. The number of halogens is 1. The van der Waals surface area contributed by atoms with Crippen molar-refractivity contribution in [2.45, 2.75) is 31.7 Å². The number of anilines is 3. The number of likely N-dealkylation sites (N-methyl/N-ethyl adjacent to an activating group) is 1. The van der Waals surface area contributed by atoms with E-state index in [1.54, 1.807) is 20.8 Å². The molecule has 0 bridgehead atoms. The van der Waals surface area contributed by atoms with Crippen LogP contribution in [0.1, 0.15) is 20.8 Å². The molecule has 12 heteroatoms. The minimum absolute atomic E-state index is 0.139. The molecule has 0 unspecified atom stereocenters. The van der Waals surface area contributed by atoms with E-state index in [9.17, 15) is 27.9 Å². The van der Waals surface area contributed by atoms with Crippen molar-refractivity contribution >= 4 is 44.6 Å². The Bertz CT molecular complexity index is 1190. The Hall–Kier alpha value is -2.63. The normalized spacial score (nSPS) is 13.3. The van der Waals surface area contributed by atoms with Crippen LogP contribution in [-0.4, -0.2) is 50.9 Å². The smallest absolute Gasteiger partial charge is 0.253 e. The highest BCUT2D eigenvalue weighted by Crippen LogP contribution is 2.39. The molecule has 1 atom stereocenters. The molecule has 170 valence electrons. The lowest BCUT2D eigenvalue weighted by Crippen LogP contribution is -2.49. The molecule has 2 aromatic rings. The van der Waals surface area contributed by atoms with E-state index in [0.29, 0.717) is 0 Å². The molecule has 0 radical (unpaired) electrons. The molecule has 0 aliphatic rings. The topological polar surface area (TPSA) is 145 Å². The number of carbonyl (C=O) groups excluding carboxylic acids is 1. The van der Waals surface area contributed by atoms with Gasteiger partial charge in [-0.15, -0.1) is 0 Å². The van der Waals surface area contributed by atoms with Crippen LogP contribution >= 0.6 is 11.6 Å². The average Bonchev–Trinajstić information content (AvgIpc) is 2.66. The molecule has 2 rings (SSSR count). The highest BCUT2D eigenvalue weighted by molar-refractivity contribution is 7.89. The van der Waals surface area contributed by atoms with Crippen LogP contribution in [0.5, 0.6) is 5.75 Å². The first-order valence-corrected chi connectivity index (χ1v) is 11.0. The highest BCUT2D eigenvalue weighted by atomic mass is 35.5. The lowest BCUT2D eigenvalue weighted by Gasteiger charge is -2.31. The maximum atomic E-state index is 12.5. The fourth-order valence-electron chi connectivity index (χ4n) is 2.82. The van der Waals surface area contributed by atoms with Crippen molar-refractivity contribution < 1.29 is 18.3 Å². The molecule has 0 heterocycles. The maximum absolute atomic E-state index is 12.5. The van der Waals surface area contributed by atoms with E-state index in [0.717, 1.165) is 4.31 Å². The molecule has 31 heavy (non-hydrogen) atoms. The van der Waals surface area contributed by atoms with Crippen LogP contribution in [0, 0.1) is 5.41 Å². The number of carbonyl (C=O) groups is 1. The summed E-state index contributed by atoms with van der Waals surface area (Å²) >= 11 is 5.98. The van der Waals surface area contributed by atoms with Gasteiger partial charge in [0, 0.05) is 21.1 Å². The van der Waals surface area contributed by atoms with Crippen LogP contribution in [0.15, 0.2) is 26.6 Å². The molecule has 4 N–H and O–H groups in total. The van der Waals surface area contributed by atoms with E-state index in [1.165, 1.54) is 33.3 Å². The predicted octanol–water partition coefficient (Wildman–Crippen LogP) is 1.21. The average molecular weight is 473 g/mol. The van der Waals surface area contributed by atoms with Gasteiger partial charge in [-0.2, -0.15) is 0 Å². The molecular weight excluding hydrogens is 448 g/mol. The molecule has 0 aliphatic carbocycles. The summed E-state index contributed by atoms with van der Waals surface area (Å²) in [5, 5.41) is 18.2. The number of amides is 1. The SMILES string of the molecule is CNC(=O)[C@H](Nc1c(Nc2ccc(Cl)c(S(=O)(=O)N(C)C)c2O)c(=O)c1=O)C(C)(C)C. The van der Waals surface area contributed by atoms with Crippen LogP contribution in [0.3, 0.4) is 0 Å². The van der Waals surface area contributed by atoms with Crippen molar-refractivity contribution in [1.29, 1.82) is 0 Å². The number of nitrogens with zero attached hydrogens (tertiary/aromatic N) is 1. The van der Waals surface area contributed by atoms with Crippen LogP contribution in [-0.2, 0) is 14.8 Å². The van der Waals surface area contributed by atoms with Gasteiger partial charge in [0.2, 0.25) is 15.9 Å². The predicted molar refractivity (Wildman–Crippen MR) is 120 cm³/mol. The quantitative estimate of drug-likeness (QED) is 0.347. The molecular formula is C19H25ClN4O6S. The van der Waals surface area contributed by atoms with Crippen molar-refractivity contribution in [2.75, 3.05) is 31.8 Å². The summed E-state index contributed by atoms with van der Waals surface area (Å²) in [5.41, 5.74) is -2.80.